The van der Waals surface area contributed by atoms with Gasteiger partial charge in [0.2, 0.25) is 6.08 Å². The van der Waals surface area contributed by atoms with Crippen LogP contribution >= 0.6 is 0 Å². The fraction of sp³-hybridized carbons (Fsp3) is 0.417. The average molecular weight is 203 g/mol. The lowest BCUT2D eigenvalue weighted by molar-refractivity contribution is 0.340. The Morgan fingerprint density at radius 2 is 2.47 bits per heavy atom. The van der Waals surface area contributed by atoms with Crippen LogP contribution in [-0.2, 0) is 4.79 Å². The lowest BCUT2D eigenvalue weighted by atomic mass is 10.1. The average Bonchev–Trinajstić information content (AvgIpc) is 2.99. The molecule has 78 valence electrons. The Labute approximate surface area is 88.8 Å². The van der Waals surface area contributed by atoms with E-state index in [1.165, 1.54) is 5.56 Å². The molecule has 0 radical (unpaired) electrons. The van der Waals surface area contributed by atoms with Crippen LogP contribution in [0.15, 0.2) is 29.3 Å². The second-order valence-electron chi connectivity index (χ2n) is 3.64. The zero-order valence-corrected chi connectivity index (χ0v) is 8.64. The van der Waals surface area contributed by atoms with E-state index in [1.807, 2.05) is 31.2 Å². The van der Waals surface area contributed by atoms with E-state index >= 15 is 0 Å². The molecule has 3 nitrogen and oxygen atoms in total. The van der Waals surface area contributed by atoms with Crippen molar-refractivity contribution in [2.75, 3.05) is 6.61 Å². The number of rotatable bonds is 4. The molecule has 0 aliphatic heterocycles. The summed E-state index contributed by atoms with van der Waals surface area (Å²) in [7, 11) is 0. The maximum Gasteiger partial charge on any atom is 0.235 e. The van der Waals surface area contributed by atoms with Crippen molar-refractivity contribution in [3.05, 3.63) is 29.8 Å². The van der Waals surface area contributed by atoms with Gasteiger partial charge in [-0.25, -0.2) is 9.79 Å². The highest BCUT2D eigenvalue weighted by atomic mass is 16.5. The minimum atomic E-state index is 0.138. The van der Waals surface area contributed by atoms with Crippen LogP contribution in [0.1, 0.15) is 24.8 Å². The number of carbonyl (C=O) groups excluding carboxylic acids is 1. The minimum Gasteiger partial charge on any atom is -0.494 e. The molecule has 1 aromatic rings. The van der Waals surface area contributed by atoms with Gasteiger partial charge >= 0.3 is 0 Å². The smallest absolute Gasteiger partial charge is 0.235 e. The van der Waals surface area contributed by atoms with E-state index in [9.17, 15) is 4.79 Å². The Balaban J connectivity index is 2.09. The number of aliphatic imine (C=N–C) groups is 1. The fourth-order valence-electron chi connectivity index (χ4n) is 1.75. The van der Waals surface area contributed by atoms with Crippen LogP contribution < -0.4 is 4.74 Å². The monoisotopic (exact) mass is 203 g/mol. The first-order chi connectivity index (χ1) is 7.35. The van der Waals surface area contributed by atoms with E-state index in [1.54, 1.807) is 6.08 Å². The molecule has 2 atom stereocenters. The number of isocyanates is 1. The fourth-order valence-corrected chi connectivity index (χ4v) is 1.75. The number of nitrogens with zero attached hydrogens (tertiary/aromatic N) is 1. The molecule has 3 heteroatoms. The Kier molecular flexibility index (Phi) is 2.84. The zero-order chi connectivity index (χ0) is 10.7. The number of ether oxygens (including phenoxy) is 1. The zero-order valence-electron chi connectivity index (χ0n) is 8.64. The minimum absolute atomic E-state index is 0.138. The number of hydrogen-bond donors (Lipinski definition) is 0. The quantitative estimate of drug-likeness (QED) is 0.556. The van der Waals surface area contributed by atoms with Crippen molar-refractivity contribution in [3.8, 4) is 5.75 Å². The molecule has 2 rings (SSSR count). The highest BCUT2D eigenvalue weighted by molar-refractivity contribution is 5.39. The van der Waals surface area contributed by atoms with Crippen LogP contribution in [0.2, 0.25) is 0 Å². The van der Waals surface area contributed by atoms with E-state index in [0.717, 1.165) is 12.2 Å². The second-order valence-corrected chi connectivity index (χ2v) is 3.64. The van der Waals surface area contributed by atoms with E-state index < -0.39 is 0 Å². The summed E-state index contributed by atoms with van der Waals surface area (Å²) in [6.45, 7) is 2.63. The first-order valence-electron chi connectivity index (χ1n) is 5.15. The van der Waals surface area contributed by atoms with Gasteiger partial charge in [0.1, 0.15) is 5.75 Å². The molecule has 0 amide bonds. The van der Waals surface area contributed by atoms with Crippen LogP contribution in [0.4, 0.5) is 0 Å². The first-order valence-corrected chi connectivity index (χ1v) is 5.15. The van der Waals surface area contributed by atoms with Crippen LogP contribution in [0, 0.1) is 0 Å². The molecule has 0 saturated heterocycles. The summed E-state index contributed by atoms with van der Waals surface area (Å²) in [6.07, 6.45) is 2.56. The molecule has 0 N–H and O–H groups in total. The molecule has 2 unspecified atom stereocenters. The van der Waals surface area contributed by atoms with Gasteiger partial charge in [-0.2, -0.15) is 0 Å². The van der Waals surface area contributed by atoms with Crippen molar-refractivity contribution in [2.24, 2.45) is 4.99 Å². The van der Waals surface area contributed by atoms with E-state index in [4.69, 9.17) is 4.74 Å². The molecule has 0 aromatic heterocycles. The third-order valence-corrected chi connectivity index (χ3v) is 2.57. The molecular formula is C12H13NO2. The van der Waals surface area contributed by atoms with E-state index in [0.29, 0.717) is 12.5 Å². The van der Waals surface area contributed by atoms with Crippen LogP contribution in [-0.4, -0.2) is 18.7 Å². The standard InChI is InChI=1S/C12H13NO2/c1-2-15-10-5-3-4-9(6-10)11-7-12(11)13-8-14/h3-6,11-12H,2,7H2,1H3. The molecule has 1 saturated carbocycles. The molecule has 0 spiro atoms. The van der Waals surface area contributed by atoms with Gasteiger partial charge in [0.25, 0.3) is 0 Å². The molecule has 15 heavy (non-hydrogen) atoms. The van der Waals surface area contributed by atoms with Crippen LogP contribution in [0.25, 0.3) is 0 Å². The summed E-state index contributed by atoms with van der Waals surface area (Å²) in [5, 5.41) is 0. The molecule has 1 aliphatic rings. The summed E-state index contributed by atoms with van der Waals surface area (Å²) >= 11 is 0. The van der Waals surface area contributed by atoms with Gasteiger partial charge in [-0.1, -0.05) is 12.1 Å². The van der Waals surface area contributed by atoms with Crippen molar-refractivity contribution in [3.63, 3.8) is 0 Å². The van der Waals surface area contributed by atoms with Gasteiger partial charge in [0.15, 0.2) is 0 Å². The van der Waals surface area contributed by atoms with Crippen molar-refractivity contribution in [2.45, 2.75) is 25.3 Å². The van der Waals surface area contributed by atoms with E-state index in [-0.39, 0.29) is 6.04 Å². The summed E-state index contributed by atoms with van der Waals surface area (Å²) < 4.78 is 5.41. The van der Waals surface area contributed by atoms with Crippen molar-refractivity contribution < 1.29 is 9.53 Å². The topological polar surface area (TPSA) is 38.7 Å². The molecule has 1 fully saturated rings. The third kappa shape index (κ3) is 2.25. The normalized spacial score (nSPS) is 23.0. The van der Waals surface area contributed by atoms with Crippen LogP contribution in [0.3, 0.4) is 0 Å². The van der Waals surface area contributed by atoms with Gasteiger partial charge in [-0.15, -0.1) is 0 Å². The maximum absolute atomic E-state index is 10.1. The Bertz CT molecular complexity index is 396. The lowest BCUT2D eigenvalue weighted by Crippen LogP contribution is -1.92. The highest BCUT2D eigenvalue weighted by Crippen LogP contribution is 2.43. The molecular weight excluding hydrogens is 190 g/mol. The van der Waals surface area contributed by atoms with Gasteiger partial charge < -0.3 is 4.74 Å². The molecule has 1 aliphatic carbocycles. The largest absolute Gasteiger partial charge is 0.494 e. The molecule has 0 heterocycles. The van der Waals surface area contributed by atoms with Gasteiger partial charge in [0, 0.05) is 5.92 Å². The summed E-state index contributed by atoms with van der Waals surface area (Å²) in [5.41, 5.74) is 1.20. The van der Waals surface area contributed by atoms with Crippen molar-refractivity contribution in [1.82, 2.24) is 0 Å². The summed E-state index contributed by atoms with van der Waals surface area (Å²) in [5.74, 6) is 1.27. The van der Waals surface area contributed by atoms with Crippen molar-refractivity contribution in [1.29, 1.82) is 0 Å². The predicted octanol–water partition coefficient (Wildman–Crippen LogP) is 2.28. The molecule has 0 bridgehead atoms. The van der Waals surface area contributed by atoms with E-state index in [2.05, 4.69) is 4.99 Å². The summed E-state index contributed by atoms with van der Waals surface area (Å²) in [4.78, 5) is 13.8. The Morgan fingerprint density at radius 3 is 3.20 bits per heavy atom. The van der Waals surface area contributed by atoms with Gasteiger partial charge in [-0.05, 0) is 31.0 Å². The maximum atomic E-state index is 10.1. The van der Waals surface area contributed by atoms with Crippen LogP contribution in [0.5, 0.6) is 5.75 Å². The highest BCUT2D eigenvalue weighted by Gasteiger charge is 2.38. The van der Waals surface area contributed by atoms with Gasteiger partial charge in [0.05, 0.1) is 12.6 Å². The summed E-state index contributed by atoms with van der Waals surface area (Å²) in [6, 6.07) is 8.12. The lowest BCUT2D eigenvalue weighted by Gasteiger charge is -2.04. The Hall–Kier alpha value is -1.60. The first kappa shape index (κ1) is 9.94. The number of hydrogen-bond acceptors (Lipinski definition) is 3. The predicted molar refractivity (Wildman–Crippen MR) is 56.9 cm³/mol. The SMILES string of the molecule is CCOc1cccc(C2CC2N=C=O)c1. The third-order valence-electron chi connectivity index (χ3n) is 2.57. The van der Waals surface area contributed by atoms with Crippen molar-refractivity contribution >= 4 is 6.08 Å². The molecule has 1 aromatic carbocycles. The van der Waals surface area contributed by atoms with Gasteiger partial charge in [-0.3, -0.25) is 0 Å². The Morgan fingerprint density at radius 1 is 1.60 bits per heavy atom. The second kappa shape index (κ2) is 4.28. The number of benzene rings is 1.